The van der Waals surface area contributed by atoms with Crippen molar-refractivity contribution in [2.45, 2.75) is 13.8 Å². The summed E-state index contributed by atoms with van der Waals surface area (Å²) in [5.41, 5.74) is 2.73. The van der Waals surface area contributed by atoms with Crippen molar-refractivity contribution in [2.24, 2.45) is 0 Å². The maximum Gasteiger partial charge on any atom is 0.274 e. The van der Waals surface area contributed by atoms with Crippen LogP contribution < -0.4 is 5.32 Å². The minimum Gasteiger partial charge on any atom is -0.319 e. The van der Waals surface area contributed by atoms with Crippen LogP contribution in [0, 0.1) is 19.8 Å². The van der Waals surface area contributed by atoms with E-state index >= 15 is 0 Å². The van der Waals surface area contributed by atoms with E-state index in [0.29, 0.717) is 5.69 Å². The molecule has 1 amide bonds. The second-order valence-electron chi connectivity index (χ2n) is 4.24. The normalized spacial score (nSPS) is 10.3. The van der Waals surface area contributed by atoms with Crippen LogP contribution in [0.5, 0.6) is 0 Å². The molecular weight excluding hydrogens is 311 g/mol. The minimum absolute atomic E-state index is 0.0480. The molecule has 2 aromatic rings. The van der Waals surface area contributed by atoms with E-state index in [4.69, 9.17) is 0 Å². The lowest BCUT2D eigenvalue weighted by Crippen LogP contribution is -2.15. The van der Waals surface area contributed by atoms with Crippen LogP contribution >= 0.6 is 15.9 Å². The predicted molar refractivity (Wildman–Crippen MR) is 75.8 cm³/mol. The Kier molecular flexibility index (Phi) is 3.95. The molecule has 98 valence electrons. The van der Waals surface area contributed by atoms with E-state index < -0.39 is 11.9 Å². The number of hydrogen-bond acceptors (Lipinski definition) is 2. The fourth-order valence-corrected chi connectivity index (χ4v) is 2.56. The average Bonchev–Trinajstić information content (AvgIpc) is 2.33. The van der Waals surface area contributed by atoms with Gasteiger partial charge in [0.25, 0.3) is 5.91 Å². The third-order valence-corrected chi connectivity index (χ3v) is 3.24. The molecule has 0 saturated heterocycles. The summed E-state index contributed by atoms with van der Waals surface area (Å²) >= 11 is 3.40. The zero-order valence-electron chi connectivity index (χ0n) is 10.5. The van der Waals surface area contributed by atoms with Gasteiger partial charge in [-0.3, -0.25) is 4.79 Å². The van der Waals surface area contributed by atoms with E-state index in [2.05, 4.69) is 26.2 Å². The van der Waals surface area contributed by atoms with Crippen LogP contribution in [0.3, 0.4) is 0 Å². The Bertz CT molecular complexity index is 620. The summed E-state index contributed by atoms with van der Waals surface area (Å²) in [6.07, 6.45) is 0. The van der Waals surface area contributed by atoms with Crippen molar-refractivity contribution < 1.29 is 9.18 Å². The van der Waals surface area contributed by atoms with Gasteiger partial charge in [0, 0.05) is 4.47 Å². The van der Waals surface area contributed by atoms with Gasteiger partial charge in [-0.1, -0.05) is 12.1 Å². The molecule has 0 fully saturated rings. The lowest BCUT2D eigenvalue weighted by molar-refractivity contribution is 0.102. The van der Waals surface area contributed by atoms with Crippen LogP contribution in [-0.2, 0) is 0 Å². The standard InChI is InChI=1S/C14H12BrFN2O/c1-8-6-9(2)13(10(15)7-8)18-14(19)11-4-3-5-12(16)17-11/h3-7H,1-2H3,(H,18,19). The van der Waals surface area contributed by atoms with Crippen molar-refractivity contribution in [1.82, 2.24) is 4.98 Å². The molecule has 1 heterocycles. The number of pyridine rings is 1. The van der Waals surface area contributed by atoms with Crippen LogP contribution in [0.4, 0.5) is 10.1 Å². The van der Waals surface area contributed by atoms with E-state index in [1.54, 1.807) is 0 Å². The molecule has 0 aliphatic rings. The first-order chi connectivity index (χ1) is 8.97. The molecule has 5 heteroatoms. The molecule has 3 nitrogen and oxygen atoms in total. The molecule has 0 spiro atoms. The number of aryl methyl sites for hydroxylation is 2. The van der Waals surface area contributed by atoms with Gasteiger partial charge < -0.3 is 5.32 Å². The summed E-state index contributed by atoms with van der Waals surface area (Å²) < 4.78 is 13.8. The Morgan fingerprint density at radius 3 is 2.68 bits per heavy atom. The number of anilines is 1. The van der Waals surface area contributed by atoms with Crippen LogP contribution in [0.1, 0.15) is 21.6 Å². The molecule has 0 atom stereocenters. The Hall–Kier alpha value is -1.75. The lowest BCUT2D eigenvalue weighted by atomic mass is 10.1. The van der Waals surface area contributed by atoms with Gasteiger partial charge in [0.15, 0.2) is 0 Å². The lowest BCUT2D eigenvalue weighted by Gasteiger charge is -2.11. The zero-order valence-corrected chi connectivity index (χ0v) is 12.1. The summed E-state index contributed by atoms with van der Waals surface area (Å²) in [6, 6.07) is 7.98. The number of amides is 1. The Morgan fingerprint density at radius 2 is 2.05 bits per heavy atom. The van der Waals surface area contributed by atoms with Gasteiger partial charge in [0.2, 0.25) is 5.95 Å². The number of rotatable bonds is 2. The van der Waals surface area contributed by atoms with Gasteiger partial charge in [0.1, 0.15) is 5.69 Å². The average molecular weight is 323 g/mol. The van der Waals surface area contributed by atoms with E-state index in [0.717, 1.165) is 15.6 Å². The summed E-state index contributed by atoms with van der Waals surface area (Å²) in [5.74, 6) is -1.11. The predicted octanol–water partition coefficient (Wildman–Crippen LogP) is 3.85. The van der Waals surface area contributed by atoms with Crippen LogP contribution in [-0.4, -0.2) is 10.9 Å². The first-order valence-electron chi connectivity index (χ1n) is 5.68. The third-order valence-electron chi connectivity index (χ3n) is 2.62. The van der Waals surface area contributed by atoms with Gasteiger partial charge in [-0.2, -0.15) is 4.39 Å². The summed E-state index contributed by atoms with van der Waals surface area (Å²) in [5, 5.41) is 2.73. The molecule has 0 unspecified atom stereocenters. The maximum atomic E-state index is 13.0. The first-order valence-corrected chi connectivity index (χ1v) is 6.47. The molecule has 0 aliphatic carbocycles. The van der Waals surface area contributed by atoms with Gasteiger partial charge in [-0.25, -0.2) is 4.98 Å². The number of benzene rings is 1. The summed E-state index contributed by atoms with van der Waals surface area (Å²) in [7, 11) is 0. The molecule has 0 bridgehead atoms. The Morgan fingerprint density at radius 1 is 1.32 bits per heavy atom. The van der Waals surface area contributed by atoms with Crippen LogP contribution in [0.25, 0.3) is 0 Å². The number of hydrogen-bond donors (Lipinski definition) is 1. The monoisotopic (exact) mass is 322 g/mol. The van der Waals surface area contributed by atoms with E-state index in [-0.39, 0.29) is 5.69 Å². The van der Waals surface area contributed by atoms with Crippen molar-refractivity contribution in [1.29, 1.82) is 0 Å². The zero-order chi connectivity index (χ0) is 14.0. The number of nitrogens with one attached hydrogen (secondary N) is 1. The molecular formula is C14H12BrFN2O. The summed E-state index contributed by atoms with van der Waals surface area (Å²) in [4.78, 5) is 15.5. The minimum atomic E-state index is -0.674. The molecule has 1 N–H and O–H groups in total. The Labute approximate surface area is 119 Å². The fraction of sp³-hybridized carbons (Fsp3) is 0.143. The molecule has 0 aliphatic heterocycles. The number of nitrogens with zero attached hydrogens (tertiary/aromatic N) is 1. The van der Waals surface area contributed by atoms with Gasteiger partial charge in [-0.15, -0.1) is 0 Å². The number of aromatic nitrogens is 1. The molecule has 0 saturated carbocycles. The second-order valence-corrected chi connectivity index (χ2v) is 5.09. The topological polar surface area (TPSA) is 42.0 Å². The molecule has 2 rings (SSSR count). The van der Waals surface area contributed by atoms with Crippen LogP contribution in [0.2, 0.25) is 0 Å². The molecule has 0 radical (unpaired) electrons. The third kappa shape index (κ3) is 3.17. The fourth-order valence-electron chi connectivity index (χ4n) is 1.79. The Balaban J connectivity index is 2.29. The van der Waals surface area contributed by atoms with Crippen molar-refractivity contribution >= 4 is 27.5 Å². The van der Waals surface area contributed by atoms with Gasteiger partial charge in [-0.05, 0) is 59.1 Å². The second kappa shape index (κ2) is 5.48. The smallest absolute Gasteiger partial charge is 0.274 e. The highest BCUT2D eigenvalue weighted by Crippen LogP contribution is 2.28. The van der Waals surface area contributed by atoms with Crippen molar-refractivity contribution in [2.75, 3.05) is 5.32 Å². The number of carbonyl (C=O) groups excluding carboxylic acids is 1. The SMILES string of the molecule is Cc1cc(C)c(NC(=O)c2cccc(F)n2)c(Br)c1. The van der Waals surface area contributed by atoms with Gasteiger partial charge in [0.05, 0.1) is 5.69 Å². The molecule has 19 heavy (non-hydrogen) atoms. The van der Waals surface area contributed by atoms with Gasteiger partial charge >= 0.3 is 0 Å². The summed E-state index contributed by atoms with van der Waals surface area (Å²) in [6.45, 7) is 3.86. The van der Waals surface area contributed by atoms with E-state index in [1.807, 2.05) is 26.0 Å². The number of carbonyl (C=O) groups is 1. The van der Waals surface area contributed by atoms with E-state index in [9.17, 15) is 9.18 Å². The molecule has 1 aromatic heterocycles. The van der Waals surface area contributed by atoms with Crippen molar-refractivity contribution in [3.8, 4) is 0 Å². The van der Waals surface area contributed by atoms with Crippen molar-refractivity contribution in [3.05, 3.63) is 57.6 Å². The van der Waals surface area contributed by atoms with E-state index in [1.165, 1.54) is 18.2 Å². The highest BCUT2D eigenvalue weighted by atomic mass is 79.9. The largest absolute Gasteiger partial charge is 0.319 e. The van der Waals surface area contributed by atoms with Crippen LogP contribution in [0.15, 0.2) is 34.8 Å². The highest BCUT2D eigenvalue weighted by molar-refractivity contribution is 9.10. The first kappa shape index (κ1) is 13.7. The number of halogens is 2. The quantitative estimate of drug-likeness (QED) is 0.853. The highest BCUT2D eigenvalue weighted by Gasteiger charge is 2.12. The molecule has 1 aromatic carbocycles. The maximum absolute atomic E-state index is 13.0. The van der Waals surface area contributed by atoms with Crippen molar-refractivity contribution in [3.63, 3.8) is 0 Å².